The molecule has 0 bridgehead atoms. The summed E-state index contributed by atoms with van der Waals surface area (Å²) in [5.41, 5.74) is -0.490. The lowest BCUT2D eigenvalue weighted by molar-refractivity contribution is -0.0158. The summed E-state index contributed by atoms with van der Waals surface area (Å²) in [6, 6.07) is 0. The number of ether oxygens (including phenoxy) is 2. The molecule has 2 atom stereocenters. The van der Waals surface area contributed by atoms with E-state index in [9.17, 15) is 9.59 Å². The van der Waals surface area contributed by atoms with Gasteiger partial charge in [0.1, 0.15) is 12.2 Å². The zero-order valence-corrected chi connectivity index (χ0v) is 12.6. The van der Waals surface area contributed by atoms with Gasteiger partial charge in [-0.25, -0.2) is 14.5 Å². The fraction of sp³-hybridized carbons (Fsp3) is 0.857. The molecule has 0 unspecified atom stereocenters. The van der Waals surface area contributed by atoms with E-state index in [2.05, 4.69) is 6.92 Å². The Balaban J connectivity index is 1.93. The molecule has 1 aliphatic carbocycles. The molecule has 1 aliphatic heterocycles. The van der Waals surface area contributed by atoms with Gasteiger partial charge in [0.25, 0.3) is 0 Å². The number of hydrogen-bond donors (Lipinski definition) is 0. The molecule has 114 valence electrons. The first kappa shape index (κ1) is 15.1. The molecular formula is C14H24N2O4. The van der Waals surface area contributed by atoms with Gasteiger partial charge < -0.3 is 14.4 Å². The second kappa shape index (κ2) is 5.99. The first-order valence-corrected chi connectivity index (χ1v) is 7.26. The number of amides is 2. The first-order chi connectivity index (χ1) is 9.44. The number of carbonyl (C=O) groups is 2. The summed E-state index contributed by atoms with van der Waals surface area (Å²) in [5.74, 6) is 0.291. The fourth-order valence-electron chi connectivity index (χ4n) is 2.90. The monoisotopic (exact) mass is 284 g/mol. The molecule has 2 amide bonds. The molecule has 0 aromatic rings. The molecule has 1 saturated heterocycles. The van der Waals surface area contributed by atoms with E-state index < -0.39 is 17.8 Å². The predicted molar refractivity (Wildman–Crippen MR) is 73.5 cm³/mol. The lowest BCUT2D eigenvalue weighted by Crippen LogP contribution is -2.44. The van der Waals surface area contributed by atoms with E-state index in [4.69, 9.17) is 9.47 Å². The zero-order chi connectivity index (χ0) is 14.8. The normalized spacial score (nSPS) is 29.9. The highest BCUT2D eigenvalue weighted by Gasteiger charge is 2.52. The Morgan fingerprint density at radius 2 is 2.25 bits per heavy atom. The van der Waals surface area contributed by atoms with Crippen molar-refractivity contribution in [2.75, 3.05) is 33.8 Å². The zero-order valence-electron chi connectivity index (χ0n) is 12.6. The van der Waals surface area contributed by atoms with E-state index in [1.54, 1.807) is 0 Å². The van der Waals surface area contributed by atoms with Crippen LogP contribution in [0.5, 0.6) is 0 Å². The van der Waals surface area contributed by atoms with Crippen LogP contribution in [-0.2, 0) is 9.47 Å². The maximum atomic E-state index is 12.0. The van der Waals surface area contributed by atoms with E-state index in [0.717, 1.165) is 30.6 Å². The molecule has 6 heteroatoms. The average Bonchev–Trinajstić information content (AvgIpc) is 2.71. The van der Waals surface area contributed by atoms with Crippen LogP contribution in [0.1, 0.15) is 32.6 Å². The number of imide groups is 1. The van der Waals surface area contributed by atoms with Crippen LogP contribution >= 0.6 is 0 Å². The van der Waals surface area contributed by atoms with Gasteiger partial charge in [-0.05, 0) is 39.3 Å². The van der Waals surface area contributed by atoms with Gasteiger partial charge in [0.05, 0.1) is 6.54 Å². The topological polar surface area (TPSA) is 59.1 Å². The molecule has 1 heterocycles. The van der Waals surface area contributed by atoms with Crippen molar-refractivity contribution in [3.05, 3.63) is 0 Å². The van der Waals surface area contributed by atoms with Crippen LogP contribution in [0.3, 0.4) is 0 Å². The molecule has 2 fully saturated rings. The van der Waals surface area contributed by atoms with Crippen molar-refractivity contribution in [1.29, 1.82) is 0 Å². The van der Waals surface area contributed by atoms with Gasteiger partial charge in [0.2, 0.25) is 0 Å². The van der Waals surface area contributed by atoms with Gasteiger partial charge in [-0.2, -0.15) is 0 Å². The largest absolute Gasteiger partial charge is 0.448 e. The van der Waals surface area contributed by atoms with Crippen molar-refractivity contribution in [1.82, 2.24) is 9.80 Å². The molecule has 6 nitrogen and oxygen atoms in total. The first-order valence-electron chi connectivity index (χ1n) is 7.26. The van der Waals surface area contributed by atoms with Gasteiger partial charge in [-0.1, -0.05) is 13.3 Å². The Bertz CT molecular complexity index is 385. The van der Waals surface area contributed by atoms with Crippen LogP contribution in [0.4, 0.5) is 9.59 Å². The highest BCUT2D eigenvalue weighted by Crippen LogP contribution is 2.41. The van der Waals surface area contributed by atoms with Gasteiger partial charge in [0.15, 0.2) is 0 Å². The van der Waals surface area contributed by atoms with Crippen molar-refractivity contribution in [3.8, 4) is 0 Å². The summed E-state index contributed by atoms with van der Waals surface area (Å²) in [6.45, 7) is 3.33. The SMILES string of the molecule is C[C@H]1CCCC[C@@]12CN(C(=O)OCCN(C)C)C(=O)O2. The van der Waals surface area contributed by atoms with Gasteiger partial charge in [0, 0.05) is 6.54 Å². The summed E-state index contributed by atoms with van der Waals surface area (Å²) in [4.78, 5) is 26.9. The second-order valence-corrected chi connectivity index (χ2v) is 6.08. The summed E-state index contributed by atoms with van der Waals surface area (Å²) in [7, 11) is 3.80. The van der Waals surface area contributed by atoms with E-state index in [-0.39, 0.29) is 6.61 Å². The lowest BCUT2D eigenvalue weighted by Gasteiger charge is -2.36. The summed E-state index contributed by atoms with van der Waals surface area (Å²) in [6.07, 6.45) is 2.92. The number of hydrogen-bond acceptors (Lipinski definition) is 5. The molecule has 2 rings (SSSR count). The average molecular weight is 284 g/mol. The van der Waals surface area contributed by atoms with E-state index in [0.29, 0.717) is 19.0 Å². The minimum absolute atomic E-state index is 0.276. The Hall–Kier alpha value is -1.30. The van der Waals surface area contributed by atoms with Crippen LogP contribution in [-0.4, -0.2) is 61.4 Å². The molecule has 1 spiro atoms. The Labute approximate surface area is 120 Å². The molecule has 0 aromatic carbocycles. The van der Waals surface area contributed by atoms with E-state index >= 15 is 0 Å². The molecule has 2 aliphatic rings. The predicted octanol–water partition coefficient (Wildman–Crippen LogP) is 2.09. The molecule has 20 heavy (non-hydrogen) atoms. The van der Waals surface area contributed by atoms with Crippen molar-refractivity contribution in [3.63, 3.8) is 0 Å². The molecular weight excluding hydrogens is 260 g/mol. The van der Waals surface area contributed by atoms with Gasteiger partial charge >= 0.3 is 12.2 Å². The van der Waals surface area contributed by atoms with Crippen molar-refractivity contribution in [2.45, 2.75) is 38.2 Å². The maximum Gasteiger partial charge on any atom is 0.420 e. The van der Waals surface area contributed by atoms with Gasteiger partial charge in [-0.3, -0.25) is 0 Å². The summed E-state index contributed by atoms with van der Waals surface area (Å²) >= 11 is 0. The van der Waals surface area contributed by atoms with Crippen molar-refractivity contribution in [2.24, 2.45) is 5.92 Å². The maximum absolute atomic E-state index is 12.0. The quantitative estimate of drug-likeness (QED) is 0.794. The van der Waals surface area contributed by atoms with Crippen LogP contribution in [0, 0.1) is 5.92 Å². The number of likely N-dealkylation sites (N-methyl/N-ethyl adjacent to an activating group) is 1. The van der Waals surface area contributed by atoms with Crippen LogP contribution in [0.2, 0.25) is 0 Å². The highest BCUT2D eigenvalue weighted by atomic mass is 16.6. The summed E-state index contributed by atoms with van der Waals surface area (Å²) < 4.78 is 10.7. The number of nitrogens with zero attached hydrogens (tertiary/aromatic N) is 2. The third-order valence-corrected chi connectivity index (χ3v) is 4.31. The van der Waals surface area contributed by atoms with Crippen molar-refractivity contribution < 1.29 is 19.1 Å². The van der Waals surface area contributed by atoms with Crippen LogP contribution in [0.25, 0.3) is 0 Å². The highest BCUT2D eigenvalue weighted by molar-refractivity contribution is 5.89. The molecule has 0 aromatic heterocycles. The second-order valence-electron chi connectivity index (χ2n) is 6.08. The smallest absolute Gasteiger partial charge is 0.420 e. The lowest BCUT2D eigenvalue weighted by atomic mass is 9.76. The minimum Gasteiger partial charge on any atom is -0.448 e. The number of carbonyl (C=O) groups excluding carboxylic acids is 2. The third-order valence-electron chi connectivity index (χ3n) is 4.31. The molecule has 0 N–H and O–H groups in total. The van der Waals surface area contributed by atoms with E-state index in [1.807, 2.05) is 19.0 Å². The fourth-order valence-corrected chi connectivity index (χ4v) is 2.90. The Kier molecular flexibility index (Phi) is 4.52. The molecule has 1 saturated carbocycles. The molecule has 0 radical (unpaired) electrons. The van der Waals surface area contributed by atoms with Gasteiger partial charge in [-0.15, -0.1) is 0 Å². The van der Waals surface area contributed by atoms with E-state index in [1.165, 1.54) is 0 Å². The minimum atomic E-state index is -0.591. The summed E-state index contributed by atoms with van der Waals surface area (Å²) in [5, 5.41) is 0. The standard InChI is InChI=1S/C14H24N2O4/c1-11-6-4-5-7-14(11)10-16(13(18)20-14)12(17)19-9-8-15(2)3/h11H,4-10H2,1-3H3/t11-,14+/m0/s1. The third kappa shape index (κ3) is 3.06. The Morgan fingerprint density at radius 1 is 1.50 bits per heavy atom. The Morgan fingerprint density at radius 3 is 2.90 bits per heavy atom. The van der Waals surface area contributed by atoms with Crippen LogP contribution in [0.15, 0.2) is 0 Å². The van der Waals surface area contributed by atoms with Crippen molar-refractivity contribution >= 4 is 12.2 Å². The number of rotatable bonds is 3. The van der Waals surface area contributed by atoms with Crippen LogP contribution < -0.4 is 0 Å².